The summed E-state index contributed by atoms with van der Waals surface area (Å²) in [6.07, 6.45) is 0.754. The summed E-state index contributed by atoms with van der Waals surface area (Å²) in [6, 6.07) is 31.4. The molecule has 1 N–H and O–H groups in total. The molecule has 1 aliphatic heterocycles. The van der Waals surface area contributed by atoms with Gasteiger partial charge in [0.25, 0.3) is 5.91 Å². The minimum absolute atomic E-state index is 0.00682. The molecule has 5 heteroatoms. The number of nitrogens with one attached hydrogen (secondary N) is 1. The monoisotopic (exact) mass is 466 g/mol. The summed E-state index contributed by atoms with van der Waals surface area (Å²) >= 11 is 0. The second-order valence-electron chi connectivity index (χ2n) is 8.65. The lowest BCUT2D eigenvalue weighted by molar-refractivity contribution is 0.0637. The predicted octanol–water partition coefficient (Wildman–Crippen LogP) is 5.94. The number of piperazine rings is 1. The van der Waals surface area contributed by atoms with Gasteiger partial charge in [-0.2, -0.15) is 0 Å². The third-order valence-corrected chi connectivity index (χ3v) is 6.29. The summed E-state index contributed by atoms with van der Waals surface area (Å²) in [5, 5.41) is 3.41. The lowest BCUT2D eigenvalue weighted by Gasteiger charge is -2.37. The number of carbonyl (C=O) groups is 1. The lowest BCUT2D eigenvalue weighted by Crippen LogP contribution is -2.54. The summed E-state index contributed by atoms with van der Waals surface area (Å²) in [6.45, 7) is 2.03. The molecule has 1 unspecified atom stereocenters. The fourth-order valence-electron chi connectivity index (χ4n) is 4.57. The number of halogens is 1. The molecule has 4 nitrogen and oxygen atoms in total. The zero-order valence-electron chi connectivity index (χ0n) is 19.4. The Morgan fingerprint density at radius 2 is 1.60 bits per heavy atom. The standard InChI is InChI=1S/C30H27FN2O2/c31-23-15-16-27(30(34)33-18-17-32-21-24(33)19-22-9-3-1-4-10-22)28(20-23)26-13-7-8-14-29(26)35-25-11-5-2-6-12-25/h1-16,20,24,32H,17-19,21H2. The van der Waals surface area contributed by atoms with Gasteiger partial charge in [-0.25, -0.2) is 4.39 Å². The number of ether oxygens (including phenoxy) is 1. The van der Waals surface area contributed by atoms with E-state index >= 15 is 0 Å². The molecule has 0 radical (unpaired) electrons. The number of hydrogen-bond acceptors (Lipinski definition) is 3. The highest BCUT2D eigenvalue weighted by Gasteiger charge is 2.29. The van der Waals surface area contributed by atoms with Crippen molar-refractivity contribution in [3.8, 4) is 22.6 Å². The molecule has 1 amide bonds. The number of carbonyl (C=O) groups excluding carboxylic acids is 1. The van der Waals surface area contributed by atoms with E-state index in [-0.39, 0.29) is 11.9 Å². The van der Waals surface area contributed by atoms with Gasteiger partial charge in [0.1, 0.15) is 17.3 Å². The average Bonchev–Trinajstić information content (AvgIpc) is 2.90. The van der Waals surface area contributed by atoms with Crippen molar-refractivity contribution in [1.82, 2.24) is 10.2 Å². The van der Waals surface area contributed by atoms with Crippen LogP contribution in [0.2, 0.25) is 0 Å². The molecule has 176 valence electrons. The van der Waals surface area contributed by atoms with Gasteiger partial charge < -0.3 is 15.0 Å². The molecule has 1 aliphatic rings. The van der Waals surface area contributed by atoms with Crippen molar-refractivity contribution in [3.63, 3.8) is 0 Å². The van der Waals surface area contributed by atoms with Gasteiger partial charge in [0, 0.05) is 42.4 Å². The molecule has 4 aromatic carbocycles. The van der Waals surface area contributed by atoms with Gasteiger partial charge >= 0.3 is 0 Å². The van der Waals surface area contributed by atoms with Crippen molar-refractivity contribution < 1.29 is 13.9 Å². The first kappa shape index (κ1) is 22.8. The number of amides is 1. The first-order chi connectivity index (χ1) is 17.2. The fraction of sp³-hybridized carbons (Fsp3) is 0.167. The zero-order chi connectivity index (χ0) is 24.0. The molecular weight excluding hydrogens is 439 g/mol. The van der Waals surface area contributed by atoms with Crippen LogP contribution in [-0.4, -0.2) is 36.5 Å². The van der Waals surface area contributed by atoms with Crippen molar-refractivity contribution >= 4 is 5.91 Å². The molecule has 0 spiro atoms. The first-order valence-corrected chi connectivity index (χ1v) is 11.9. The first-order valence-electron chi connectivity index (χ1n) is 11.9. The lowest BCUT2D eigenvalue weighted by atomic mass is 9.96. The molecule has 1 heterocycles. The summed E-state index contributed by atoms with van der Waals surface area (Å²) < 4.78 is 20.6. The summed E-state index contributed by atoms with van der Waals surface area (Å²) in [5.41, 5.74) is 2.85. The van der Waals surface area contributed by atoms with Crippen molar-refractivity contribution in [3.05, 3.63) is 120 Å². The van der Waals surface area contributed by atoms with Gasteiger partial charge in [0.2, 0.25) is 0 Å². The minimum atomic E-state index is -0.396. The molecule has 1 saturated heterocycles. The van der Waals surface area contributed by atoms with E-state index in [0.29, 0.717) is 41.3 Å². The van der Waals surface area contributed by atoms with Crippen LogP contribution < -0.4 is 10.1 Å². The van der Waals surface area contributed by atoms with Gasteiger partial charge in [-0.1, -0.05) is 66.7 Å². The van der Waals surface area contributed by atoms with Gasteiger partial charge in [-0.05, 0) is 48.4 Å². The van der Waals surface area contributed by atoms with E-state index in [1.165, 1.54) is 17.7 Å². The highest BCUT2D eigenvalue weighted by Crippen LogP contribution is 2.36. The molecule has 1 fully saturated rings. The second-order valence-corrected chi connectivity index (χ2v) is 8.65. The van der Waals surface area contributed by atoms with E-state index in [0.717, 1.165) is 13.0 Å². The van der Waals surface area contributed by atoms with Crippen LogP contribution in [0.5, 0.6) is 11.5 Å². The minimum Gasteiger partial charge on any atom is -0.457 e. The Bertz CT molecular complexity index is 1290. The Labute approximate surface area is 205 Å². The Hall–Kier alpha value is -3.96. The van der Waals surface area contributed by atoms with Gasteiger partial charge in [-0.15, -0.1) is 0 Å². The van der Waals surface area contributed by atoms with E-state index in [2.05, 4.69) is 17.4 Å². The third kappa shape index (κ3) is 5.26. The second kappa shape index (κ2) is 10.5. The van der Waals surface area contributed by atoms with Crippen LogP contribution >= 0.6 is 0 Å². The van der Waals surface area contributed by atoms with E-state index in [1.807, 2.05) is 77.7 Å². The average molecular weight is 467 g/mol. The zero-order valence-corrected chi connectivity index (χ0v) is 19.4. The Balaban J connectivity index is 1.50. The predicted molar refractivity (Wildman–Crippen MR) is 136 cm³/mol. The molecule has 4 aromatic rings. The summed E-state index contributed by atoms with van der Waals surface area (Å²) in [4.78, 5) is 15.8. The third-order valence-electron chi connectivity index (χ3n) is 6.29. The van der Waals surface area contributed by atoms with Gasteiger partial charge in [-0.3, -0.25) is 4.79 Å². The number of benzene rings is 4. The van der Waals surface area contributed by atoms with Crippen LogP contribution in [0.4, 0.5) is 4.39 Å². The van der Waals surface area contributed by atoms with Crippen molar-refractivity contribution in [2.75, 3.05) is 19.6 Å². The molecule has 0 aliphatic carbocycles. The molecule has 0 bridgehead atoms. The number of hydrogen-bond donors (Lipinski definition) is 1. The molecule has 0 aromatic heterocycles. The molecular formula is C30H27FN2O2. The Morgan fingerprint density at radius 3 is 2.40 bits per heavy atom. The van der Waals surface area contributed by atoms with E-state index in [4.69, 9.17) is 4.74 Å². The van der Waals surface area contributed by atoms with Gasteiger partial charge in [0.15, 0.2) is 0 Å². The van der Waals surface area contributed by atoms with Crippen LogP contribution in [0, 0.1) is 5.82 Å². The van der Waals surface area contributed by atoms with Crippen molar-refractivity contribution in [1.29, 1.82) is 0 Å². The van der Waals surface area contributed by atoms with Gasteiger partial charge in [0.05, 0.1) is 0 Å². The number of para-hydroxylation sites is 2. The maximum Gasteiger partial charge on any atom is 0.254 e. The topological polar surface area (TPSA) is 41.6 Å². The Kier molecular flexibility index (Phi) is 6.87. The van der Waals surface area contributed by atoms with Crippen LogP contribution in [-0.2, 0) is 6.42 Å². The van der Waals surface area contributed by atoms with Crippen molar-refractivity contribution in [2.24, 2.45) is 0 Å². The number of nitrogens with zero attached hydrogens (tertiary/aromatic N) is 1. The van der Waals surface area contributed by atoms with Crippen LogP contribution in [0.3, 0.4) is 0 Å². The normalized spacial score (nSPS) is 15.6. The fourth-order valence-corrected chi connectivity index (χ4v) is 4.57. The van der Waals surface area contributed by atoms with E-state index in [1.54, 1.807) is 6.07 Å². The SMILES string of the molecule is O=C(c1ccc(F)cc1-c1ccccc1Oc1ccccc1)N1CCNCC1Cc1ccccc1. The smallest absolute Gasteiger partial charge is 0.254 e. The van der Waals surface area contributed by atoms with E-state index in [9.17, 15) is 9.18 Å². The summed E-state index contributed by atoms with van der Waals surface area (Å²) in [5.74, 6) is 0.748. The summed E-state index contributed by atoms with van der Waals surface area (Å²) in [7, 11) is 0. The maximum atomic E-state index is 14.5. The van der Waals surface area contributed by atoms with Crippen molar-refractivity contribution in [2.45, 2.75) is 12.5 Å². The molecule has 0 saturated carbocycles. The van der Waals surface area contributed by atoms with E-state index < -0.39 is 5.82 Å². The molecule has 1 atom stereocenters. The highest BCUT2D eigenvalue weighted by molar-refractivity contribution is 6.01. The quantitative estimate of drug-likeness (QED) is 0.382. The highest BCUT2D eigenvalue weighted by atomic mass is 19.1. The largest absolute Gasteiger partial charge is 0.457 e. The Morgan fingerprint density at radius 1 is 0.886 bits per heavy atom. The molecule has 35 heavy (non-hydrogen) atoms. The number of rotatable bonds is 6. The van der Waals surface area contributed by atoms with Crippen LogP contribution in [0.15, 0.2) is 103 Å². The van der Waals surface area contributed by atoms with Crippen LogP contribution in [0.1, 0.15) is 15.9 Å². The van der Waals surface area contributed by atoms with Crippen LogP contribution in [0.25, 0.3) is 11.1 Å². The molecule has 5 rings (SSSR count). The maximum absolute atomic E-state index is 14.5.